The molecule has 1 rings (SSSR count). The van der Waals surface area contributed by atoms with Crippen molar-refractivity contribution in [2.45, 2.75) is 71.8 Å². The van der Waals surface area contributed by atoms with Crippen molar-refractivity contribution in [2.24, 2.45) is 5.92 Å². The van der Waals surface area contributed by atoms with E-state index in [4.69, 9.17) is 0 Å². The van der Waals surface area contributed by atoms with Crippen molar-refractivity contribution in [2.75, 3.05) is 26.2 Å². The second-order valence-electron chi connectivity index (χ2n) is 6.06. The maximum Gasteiger partial charge on any atom is 0.00669 e. The van der Waals surface area contributed by atoms with Gasteiger partial charge in [-0.2, -0.15) is 0 Å². The molecule has 2 unspecified atom stereocenters. The highest BCUT2D eigenvalue weighted by molar-refractivity contribution is 4.69. The van der Waals surface area contributed by atoms with E-state index in [0.29, 0.717) is 0 Å². The lowest BCUT2D eigenvalue weighted by molar-refractivity contribution is 0.224. The van der Waals surface area contributed by atoms with E-state index in [1.807, 2.05) is 0 Å². The molecule has 0 aromatic rings. The van der Waals surface area contributed by atoms with Gasteiger partial charge in [0, 0.05) is 6.04 Å². The van der Waals surface area contributed by atoms with Crippen molar-refractivity contribution in [3.05, 3.63) is 0 Å². The van der Waals surface area contributed by atoms with Crippen LogP contribution in [0.25, 0.3) is 0 Å². The highest BCUT2D eigenvalue weighted by atomic mass is 15.1. The zero-order chi connectivity index (χ0) is 13.2. The lowest BCUT2D eigenvalue weighted by Gasteiger charge is -2.27. The quantitative estimate of drug-likeness (QED) is 0.632. The molecule has 1 heterocycles. The fraction of sp³-hybridized carbons (Fsp3) is 1.00. The summed E-state index contributed by atoms with van der Waals surface area (Å²) in [5.74, 6) is 0.865. The first-order valence-electron chi connectivity index (χ1n) is 8.22. The molecule has 108 valence electrons. The summed E-state index contributed by atoms with van der Waals surface area (Å²) in [7, 11) is 0. The summed E-state index contributed by atoms with van der Waals surface area (Å²) in [6.45, 7) is 12.2. The molecule has 1 aliphatic heterocycles. The second-order valence-corrected chi connectivity index (χ2v) is 6.06. The van der Waals surface area contributed by atoms with Crippen LogP contribution in [0, 0.1) is 5.92 Å². The molecular formula is C16H34N2. The van der Waals surface area contributed by atoms with Crippen molar-refractivity contribution in [1.82, 2.24) is 10.2 Å². The Morgan fingerprint density at radius 3 is 2.39 bits per heavy atom. The van der Waals surface area contributed by atoms with E-state index in [-0.39, 0.29) is 0 Å². The summed E-state index contributed by atoms with van der Waals surface area (Å²) >= 11 is 0. The Morgan fingerprint density at radius 2 is 1.78 bits per heavy atom. The van der Waals surface area contributed by atoms with Crippen molar-refractivity contribution >= 4 is 0 Å². The molecule has 0 aromatic carbocycles. The van der Waals surface area contributed by atoms with Gasteiger partial charge in [-0.1, -0.05) is 33.6 Å². The van der Waals surface area contributed by atoms with Crippen molar-refractivity contribution in [1.29, 1.82) is 0 Å². The maximum absolute atomic E-state index is 3.75. The van der Waals surface area contributed by atoms with Crippen LogP contribution < -0.4 is 5.32 Å². The van der Waals surface area contributed by atoms with Crippen molar-refractivity contribution in [3.8, 4) is 0 Å². The van der Waals surface area contributed by atoms with Gasteiger partial charge < -0.3 is 10.2 Å². The zero-order valence-corrected chi connectivity index (χ0v) is 12.9. The molecule has 2 nitrogen and oxygen atoms in total. The van der Waals surface area contributed by atoms with Gasteiger partial charge in [0.2, 0.25) is 0 Å². The van der Waals surface area contributed by atoms with Crippen LogP contribution >= 0.6 is 0 Å². The molecule has 1 aliphatic rings. The van der Waals surface area contributed by atoms with Crippen molar-refractivity contribution < 1.29 is 0 Å². The van der Waals surface area contributed by atoms with Crippen LogP contribution in [-0.2, 0) is 0 Å². The van der Waals surface area contributed by atoms with Gasteiger partial charge in [-0.25, -0.2) is 0 Å². The number of nitrogens with zero attached hydrogens (tertiary/aromatic N) is 1. The Bertz CT molecular complexity index is 188. The molecule has 1 fully saturated rings. The summed E-state index contributed by atoms with van der Waals surface area (Å²) < 4.78 is 0. The SMILES string of the molecule is CCC(C)CC(CC)NCCCN1CCCCC1. The fourth-order valence-corrected chi connectivity index (χ4v) is 2.84. The van der Waals surface area contributed by atoms with Crippen LogP contribution in [0.15, 0.2) is 0 Å². The molecule has 2 heteroatoms. The Kier molecular flexibility index (Phi) is 8.70. The van der Waals surface area contributed by atoms with Gasteiger partial charge in [0.15, 0.2) is 0 Å². The standard InChI is InChI=1S/C16H34N2/c1-4-15(3)14-16(5-2)17-10-9-13-18-11-7-6-8-12-18/h15-17H,4-14H2,1-3H3. The molecule has 0 aliphatic carbocycles. The average molecular weight is 254 g/mol. The first-order chi connectivity index (χ1) is 8.76. The Morgan fingerprint density at radius 1 is 1.06 bits per heavy atom. The molecule has 0 amide bonds. The monoisotopic (exact) mass is 254 g/mol. The third-order valence-electron chi connectivity index (χ3n) is 4.41. The Labute approximate surface area is 115 Å². The van der Waals surface area contributed by atoms with Gasteiger partial charge >= 0.3 is 0 Å². The summed E-state index contributed by atoms with van der Waals surface area (Å²) in [5, 5.41) is 3.75. The van der Waals surface area contributed by atoms with Gasteiger partial charge in [-0.3, -0.25) is 0 Å². The molecule has 1 saturated heterocycles. The van der Waals surface area contributed by atoms with Gasteiger partial charge in [0.1, 0.15) is 0 Å². The number of likely N-dealkylation sites (tertiary alicyclic amines) is 1. The number of nitrogens with one attached hydrogen (secondary N) is 1. The molecule has 0 bridgehead atoms. The second kappa shape index (κ2) is 9.80. The lowest BCUT2D eigenvalue weighted by atomic mass is 9.98. The lowest BCUT2D eigenvalue weighted by Crippen LogP contribution is -2.35. The summed E-state index contributed by atoms with van der Waals surface area (Å²) in [5.41, 5.74) is 0. The summed E-state index contributed by atoms with van der Waals surface area (Å²) in [6.07, 6.45) is 9.52. The van der Waals surface area contributed by atoms with Gasteiger partial charge in [-0.15, -0.1) is 0 Å². The van der Waals surface area contributed by atoms with Gasteiger partial charge in [0.05, 0.1) is 0 Å². The number of hydrogen-bond donors (Lipinski definition) is 1. The van der Waals surface area contributed by atoms with E-state index < -0.39 is 0 Å². The molecule has 2 atom stereocenters. The van der Waals surface area contributed by atoms with Crippen LogP contribution in [0.5, 0.6) is 0 Å². The molecule has 0 saturated carbocycles. The first kappa shape index (κ1) is 16.0. The molecule has 0 spiro atoms. The van der Waals surface area contributed by atoms with Gasteiger partial charge in [-0.05, 0) is 64.2 Å². The number of piperidine rings is 1. The fourth-order valence-electron chi connectivity index (χ4n) is 2.84. The summed E-state index contributed by atoms with van der Waals surface area (Å²) in [6, 6.07) is 0.737. The smallest absolute Gasteiger partial charge is 0.00669 e. The molecule has 1 N–H and O–H groups in total. The zero-order valence-electron chi connectivity index (χ0n) is 12.9. The summed E-state index contributed by atoms with van der Waals surface area (Å²) in [4.78, 5) is 2.64. The van der Waals surface area contributed by atoms with Crippen LogP contribution in [0.2, 0.25) is 0 Å². The van der Waals surface area contributed by atoms with Crippen LogP contribution in [0.1, 0.15) is 65.7 Å². The number of hydrogen-bond acceptors (Lipinski definition) is 2. The van der Waals surface area contributed by atoms with E-state index >= 15 is 0 Å². The topological polar surface area (TPSA) is 15.3 Å². The van der Waals surface area contributed by atoms with E-state index in [9.17, 15) is 0 Å². The van der Waals surface area contributed by atoms with Crippen molar-refractivity contribution in [3.63, 3.8) is 0 Å². The van der Waals surface area contributed by atoms with Crippen LogP contribution in [-0.4, -0.2) is 37.1 Å². The molecular weight excluding hydrogens is 220 g/mol. The third kappa shape index (κ3) is 6.75. The van der Waals surface area contributed by atoms with E-state index in [0.717, 1.165) is 12.0 Å². The minimum Gasteiger partial charge on any atom is -0.314 e. The maximum atomic E-state index is 3.75. The first-order valence-corrected chi connectivity index (χ1v) is 8.22. The highest BCUT2D eigenvalue weighted by Crippen LogP contribution is 2.12. The molecule has 0 radical (unpaired) electrons. The van der Waals surface area contributed by atoms with Crippen LogP contribution in [0.4, 0.5) is 0 Å². The highest BCUT2D eigenvalue weighted by Gasteiger charge is 2.11. The van der Waals surface area contributed by atoms with E-state index in [2.05, 4.69) is 31.0 Å². The average Bonchev–Trinajstić information content (AvgIpc) is 2.43. The van der Waals surface area contributed by atoms with E-state index in [1.165, 1.54) is 71.1 Å². The predicted octanol–water partition coefficient (Wildman–Crippen LogP) is 3.67. The normalized spacial score (nSPS) is 20.8. The minimum atomic E-state index is 0.737. The Balaban J connectivity index is 2.03. The largest absolute Gasteiger partial charge is 0.314 e. The minimum absolute atomic E-state index is 0.737. The van der Waals surface area contributed by atoms with Gasteiger partial charge in [0.25, 0.3) is 0 Å². The molecule has 0 aromatic heterocycles. The van der Waals surface area contributed by atoms with E-state index in [1.54, 1.807) is 0 Å². The molecule has 18 heavy (non-hydrogen) atoms. The Hall–Kier alpha value is -0.0800. The van der Waals surface area contributed by atoms with Crippen LogP contribution in [0.3, 0.4) is 0 Å². The predicted molar refractivity (Wildman–Crippen MR) is 81.1 cm³/mol. The third-order valence-corrected chi connectivity index (χ3v) is 4.41. The number of rotatable bonds is 9.